The quantitative estimate of drug-likeness (QED) is 0.182. The Bertz CT molecular complexity index is 1240. The molecule has 0 bridgehead atoms. The monoisotopic (exact) mass is 570 g/mol. The van der Waals surface area contributed by atoms with E-state index in [9.17, 15) is 0 Å². The summed E-state index contributed by atoms with van der Waals surface area (Å²) in [4.78, 5) is 0. The van der Waals surface area contributed by atoms with Crippen molar-refractivity contribution in [2.24, 2.45) is 17.8 Å². The van der Waals surface area contributed by atoms with Gasteiger partial charge >= 0.3 is 0 Å². The van der Waals surface area contributed by atoms with E-state index in [0.29, 0.717) is 26.4 Å². The first kappa shape index (κ1) is 31.7. The van der Waals surface area contributed by atoms with Crippen molar-refractivity contribution in [3.05, 3.63) is 125 Å². The van der Waals surface area contributed by atoms with Gasteiger partial charge in [-0.3, -0.25) is 0 Å². The number of benzene rings is 3. The van der Waals surface area contributed by atoms with E-state index in [1.165, 1.54) is 11.1 Å². The molecule has 224 valence electrons. The van der Waals surface area contributed by atoms with Gasteiger partial charge in [0.15, 0.2) is 6.29 Å². The summed E-state index contributed by atoms with van der Waals surface area (Å²) in [5.74, 6) is 1.48. The number of methoxy groups -OCH3 is 1. The third kappa shape index (κ3) is 9.67. The Balaban J connectivity index is 1.40. The van der Waals surface area contributed by atoms with Crippen LogP contribution in [-0.2, 0) is 32.2 Å². The van der Waals surface area contributed by atoms with Gasteiger partial charge in [-0.05, 0) is 30.2 Å². The lowest BCUT2D eigenvalue weighted by molar-refractivity contribution is -0.225. The van der Waals surface area contributed by atoms with E-state index < -0.39 is 0 Å². The Hall–Kier alpha value is -3.22. The molecule has 5 nitrogen and oxygen atoms in total. The first-order valence-electron chi connectivity index (χ1n) is 15.0. The summed E-state index contributed by atoms with van der Waals surface area (Å²) in [6, 6.07) is 28.5. The van der Waals surface area contributed by atoms with Gasteiger partial charge in [-0.2, -0.15) is 0 Å². The van der Waals surface area contributed by atoms with Crippen LogP contribution in [0.2, 0.25) is 0 Å². The van der Waals surface area contributed by atoms with Crippen molar-refractivity contribution >= 4 is 0 Å². The van der Waals surface area contributed by atoms with Crippen LogP contribution in [0.3, 0.4) is 0 Å². The van der Waals surface area contributed by atoms with Gasteiger partial charge in [0.25, 0.3) is 0 Å². The van der Waals surface area contributed by atoms with Crippen molar-refractivity contribution in [3.8, 4) is 5.75 Å². The average Bonchev–Trinajstić information content (AvgIpc) is 3.02. The van der Waals surface area contributed by atoms with Crippen LogP contribution in [0.5, 0.6) is 5.75 Å². The lowest BCUT2D eigenvalue weighted by atomic mass is 9.91. The zero-order valence-electron chi connectivity index (χ0n) is 25.6. The summed E-state index contributed by atoms with van der Waals surface area (Å²) in [7, 11) is 1.68. The average molecular weight is 571 g/mol. The third-order valence-corrected chi connectivity index (χ3v) is 7.67. The summed E-state index contributed by atoms with van der Waals surface area (Å²) in [6.07, 6.45) is 6.25. The van der Waals surface area contributed by atoms with Gasteiger partial charge in [-0.25, -0.2) is 0 Å². The molecule has 0 amide bonds. The van der Waals surface area contributed by atoms with E-state index in [2.05, 4.69) is 70.2 Å². The van der Waals surface area contributed by atoms with Gasteiger partial charge in [-0.1, -0.05) is 117 Å². The maximum Gasteiger partial charge on any atom is 0.184 e. The second-order valence-electron chi connectivity index (χ2n) is 11.4. The molecule has 5 heteroatoms. The van der Waals surface area contributed by atoms with Crippen molar-refractivity contribution in [2.75, 3.05) is 20.3 Å². The molecule has 1 fully saturated rings. The topological polar surface area (TPSA) is 46.2 Å². The molecule has 3 aromatic carbocycles. The van der Waals surface area contributed by atoms with E-state index in [0.717, 1.165) is 16.9 Å². The highest BCUT2D eigenvalue weighted by molar-refractivity contribution is 5.27. The molecule has 1 aliphatic rings. The summed E-state index contributed by atoms with van der Waals surface area (Å²) in [5, 5.41) is 0. The van der Waals surface area contributed by atoms with E-state index in [4.69, 9.17) is 23.7 Å². The van der Waals surface area contributed by atoms with Crippen LogP contribution in [0.4, 0.5) is 0 Å². The minimum absolute atomic E-state index is 0.0185. The van der Waals surface area contributed by atoms with Crippen LogP contribution in [0.1, 0.15) is 50.7 Å². The highest BCUT2D eigenvalue weighted by Gasteiger charge is 2.28. The summed E-state index contributed by atoms with van der Waals surface area (Å²) in [6.45, 7) is 11.1. The number of hydrogen-bond acceptors (Lipinski definition) is 5. The first-order valence-corrected chi connectivity index (χ1v) is 15.0. The molecule has 0 aromatic heterocycles. The Labute approximate surface area is 252 Å². The summed E-state index contributed by atoms with van der Waals surface area (Å²) in [5.41, 5.74) is 4.51. The van der Waals surface area contributed by atoms with Crippen LogP contribution in [-0.4, -0.2) is 32.5 Å². The Morgan fingerprint density at radius 2 is 1.57 bits per heavy atom. The van der Waals surface area contributed by atoms with Crippen molar-refractivity contribution in [3.63, 3.8) is 0 Å². The Morgan fingerprint density at radius 1 is 0.905 bits per heavy atom. The Morgan fingerprint density at radius 3 is 2.26 bits per heavy atom. The van der Waals surface area contributed by atoms with Crippen LogP contribution in [0.15, 0.2) is 109 Å². The normalized spacial score (nSPS) is 21.6. The zero-order valence-corrected chi connectivity index (χ0v) is 25.6. The smallest absolute Gasteiger partial charge is 0.184 e. The van der Waals surface area contributed by atoms with Crippen molar-refractivity contribution in [2.45, 2.75) is 59.4 Å². The minimum atomic E-state index is -0.340. The molecule has 6 atom stereocenters. The molecule has 0 radical (unpaired) electrons. The van der Waals surface area contributed by atoms with Gasteiger partial charge < -0.3 is 23.7 Å². The molecule has 1 heterocycles. The molecule has 1 saturated heterocycles. The highest BCUT2D eigenvalue weighted by Crippen LogP contribution is 2.30. The minimum Gasteiger partial charge on any atom is -0.497 e. The lowest BCUT2D eigenvalue weighted by Crippen LogP contribution is -2.33. The Kier molecular flexibility index (Phi) is 12.4. The van der Waals surface area contributed by atoms with Gasteiger partial charge in [0.05, 0.1) is 45.7 Å². The van der Waals surface area contributed by atoms with E-state index in [1.807, 2.05) is 60.7 Å². The highest BCUT2D eigenvalue weighted by atomic mass is 16.7. The van der Waals surface area contributed by atoms with Crippen LogP contribution in [0.25, 0.3) is 0 Å². The van der Waals surface area contributed by atoms with Crippen molar-refractivity contribution in [1.82, 2.24) is 0 Å². The van der Waals surface area contributed by atoms with Crippen LogP contribution < -0.4 is 4.74 Å². The second kappa shape index (κ2) is 16.4. The molecular weight excluding hydrogens is 524 g/mol. The number of ether oxygens (including phenoxy) is 5. The molecule has 42 heavy (non-hydrogen) atoms. The summed E-state index contributed by atoms with van der Waals surface area (Å²) >= 11 is 0. The van der Waals surface area contributed by atoms with E-state index >= 15 is 0 Å². The zero-order chi connectivity index (χ0) is 29.7. The van der Waals surface area contributed by atoms with Crippen molar-refractivity contribution < 1.29 is 23.7 Å². The van der Waals surface area contributed by atoms with Gasteiger partial charge in [0.2, 0.25) is 0 Å². The number of rotatable bonds is 14. The number of hydrogen-bond donors (Lipinski definition) is 0. The molecule has 0 spiro atoms. The molecule has 0 unspecified atom stereocenters. The standard InChI is InChI=1S/C37H46O5/c1-27(16-21-35-29(3)24-41-37(42-35)33-14-10-7-11-15-33)22-28(2)36(40-26-32-17-19-34(38-5)20-18-32)30(4)23-39-25-31-12-8-6-9-13-31/h6-22,28-30,35-37H,23-26H2,1-5H3/b21-16+,27-22+/t28-,29+,30+,35-,36-,37+/m0/s1. The van der Waals surface area contributed by atoms with Crippen molar-refractivity contribution in [1.29, 1.82) is 0 Å². The second-order valence-corrected chi connectivity index (χ2v) is 11.4. The SMILES string of the molecule is COc1ccc(CO[C@H]([C@H](C)COCc2ccccc2)[C@@H](C)/C=C(C)/C=C/[C@@H]2O[C@H](c3ccccc3)OC[C@H]2C)cc1. The first-order chi connectivity index (χ1) is 20.4. The maximum absolute atomic E-state index is 6.57. The van der Waals surface area contributed by atoms with E-state index in [-0.39, 0.29) is 36.3 Å². The lowest BCUT2D eigenvalue weighted by Gasteiger charge is -2.33. The summed E-state index contributed by atoms with van der Waals surface area (Å²) < 4.78 is 30.3. The van der Waals surface area contributed by atoms with Gasteiger partial charge in [0, 0.05) is 23.3 Å². The molecule has 4 rings (SSSR count). The molecule has 0 saturated carbocycles. The number of allylic oxidation sites excluding steroid dienone is 2. The molecule has 0 aliphatic carbocycles. The molecule has 1 aliphatic heterocycles. The predicted molar refractivity (Wildman–Crippen MR) is 168 cm³/mol. The van der Waals surface area contributed by atoms with Gasteiger partial charge in [0.1, 0.15) is 5.75 Å². The fraction of sp³-hybridized carbons (Fsp3) is 0.405. The molecule has 3 aromatic rings. The fourth-order valence-electron chi connectivity index (χ4n) is 5.26. The maximum atomic E-state index is 6.57. The molecule has 0 N–H and O–H groups in total. The van der Waals surface area contributed by atoms with Crippen LogP contribution >= 0.6 is 0 Å². The fourth-order valence-corrected chi connectivity index (χ4v) is 5.26. The van der Waals surface area contributed by atoms with Crippen LogP contribution in [0, 0.1) is 17.8 Å². The van der Waals surface area contributed by atoms with E-state index in [1.54, 1.807) is 7.11 Å². The largest absolute Gasteiger partial charge is 0.497 e. The predicted octanol–water partition coefficient (Wildman–Crippen LogP) is 8.32. The van der Waals surface area contributed by atoms with Gasteiger partial charge in [-0.15, -0.1) is 0 Å². The third-order valence-electron chi connectivity index (χ3n) is 7.67. The molecular formula is C37H46O5.